The second-order valence-corrected chi connectivity index (χ2v) is 23.7. The van der Waals surface area contributed by atoms with E-state index < -0.39 is 23.6 Å². The van der Waals surface area contributed by atoms with Gasteiger partial charge in [-0.3, -0.25) is 60.4 Å². The first-order chi connectivity index (χ1) is 49.7. The van der Waals surface area contributed by atoms with Gasteiger partial charge in [0.2, 0.25) is 0 Å². The molecule has 4 aromatic heterocycles. The predicted octanol–water partition coefficient (Wildman–Crippen LogP) is 3.98. The number of carbonyl (C=O) groups is 4. The lowest BCUT2D eigenvalue weighted by atomic mass is 10.1. The summed E-state index contributed by atoms with van der Waals surface area (Å²) in [7, 11) is 1.68. The molecule has 0 atom stereocenters. The Labute approximate surface area is 627 Å². The molecule has 0 aromatic carbocycles. The summed E-state index contributed by atoms with van der Waals surface area (Å²) >= 11 is 22.9. The summed E-state index contributed by atoms with van der Waals surface area (Å²) in [6.45, 7) is 10.7. The summed E-state index contributed by atoms with van der Waals surface area (Å²) in [5.41, 5.74) is 71.7. The number of nitrogens with two attached hydrogens (primary N) is 13. The first-order valence-corrected chi connectivity index (χ1v) is 35.6. The monoisotopic (exact) mass is 1550 g/mol. The third kappa shape index (κ3) is 45.5. The maximum absolute atomic E-state index is 12.1. The van der Waals surface area contributed by atoms with Crippen LogP contribution in [0, 0.1) is 0 Å². The third-order valence-corrected chi connectivity index (χ3v) is 14.7. The number of anilines is 8. The molecule has 38 nitrogen and oxygen atoms in total. The van der Waals surface area contributed by atoms with Gasteiger partial charge in [-0.25, -0.2) is 39.9 Å². The molecular formula is C62H111Cl4N29O9. The summed E-state index contributed by atoms with van der Waals surface area (Å²) in [4.78, 5) is 94.4. The highest BCUT2D eigenvalue weighted by Crippen LogP contribution is 2.21. The van der Waals surface area contributed by atoms with E-state index >= 15 is 0 Å². The molecule has 0 saturated carbocycles. The number of rotatable bonds is 41. The van der Waals surface area contributed by atoms with Gasteiger partial charge in [-0.2, -0.15) is 0 Å². The zero-order valence-electron chi connectivity index (χ0n) is 59.9. The number of hydrogen-bond donors (Lipinski definition) is 19. The molecule has 586 valence electrons. The van der Waals surface area contributed by atoms with Crippen LogP contribution in [-0.4, -0.2) is 184 Å². The maximum Gasteiger partial charge on any atom is 0.280 e. The number of ether oxygens (including phenoxy) is 3. The minimum Gasteiger partial charge on any atom is -0.396 e. The van der Waals surface area contributed by atoms with Crippen molar-refractivity contribution in [2.24, 2.45) is 48.6 Å². The van der Waals surface area contributed by atoms with Crippen molar-refractivity contribution in [1.82, 2.24) is 61.1 Å². The van der Waals surface area contributed by atoms with Crippen LogP contribution in [0.25, 0.3) is 0 Å². The van der Waals surface area contributed by atoms with Crippen LogP contribution in [0.3, 0.4) is 0 Å². The number of nitrogen functional groups attached to an aromatic ring is 8. The number of aliphatic imine (C=N–C) groups is 4. The molecule has 0 aliphatic heterocycles. The Bertz CT molecular complexity index is 3250. The van der Waals surface area contributed by atoms with Gasteiger partial charge in [-0.1, -0.05) is 143 Å². The number of halogens is 4. The van der Waals surface area contributed by atoms with E-state index in [0.29, 0.717) is 39.4 Å². The molecule has 0 unspecified atom stereocenters. The van der Waals surface area contributed by atoms with Crippen LogP contribution in [0.1, 0.15) is 203 Å². The van der Waals surface area contributed by atoms with E-state index in [1.54, 1.807) is 7.11 Å². The number of guanidine groups is 4. The molecule has 4 amide bonds. The molecule has 42 heteroatoms. The summed E-state index contributed by atoms with van der Waals surface area (Å²) < 4.78 is 15.1. The molecular weight excluding hydrogens is 1440 g/mol. The van der Waals surface area contributed by atoms with Gasteiger partial charge in [0.25, 0.3) is 23.6 Å². The van der Waals surface area contributed by atoms with Crippen LogP contribution in [0.15, 0.2) is 20.0 Å². The smallest absolute Gasteiger partial charge is 0.280 e. The largest absolute Gasteiger partial charge is 0.396 e. The Balaban J connectivity index is 0.00000131. The highest BCUT2D eigenvalue weighted by Gasteiger charge is 2.20. The Morgan fingerprint density at radius 3 is 0.904 bits per heavy atom. The quantitative estimate of drug-likeness (QED) is 0.0170. The van der Waals surface area contributed by atoms with Crippen LogP contribution >= 0.6 is 46.4 Å². The van der Waals surface area contributed by atoms with Crippen LogP contribution in [-0.2, 0) is 14.2 Å². The summed E-state index contributed by atoms with van der Waals surface area (Å²) in [6, 6.07) is 0. The number of unbranched alkanes of at least 4 members (excludes halogenated alkanes) is 18. The van der Waals surface area contributed by atoms with E-state index in [2.05, 4.69) is 88.0 Å². The van der Waals surface area contributed by atoms with Crippen molar-refractivity contribution in [3.8, 4) is 0 Å². The molecule has 104 heavy (non-hydrogen) atoms. The molecule has 0 bridgehead atoms. The van der Waals surface area contributed by atoms with Crippen molar-refractivity contribution in [1.29, 1.82) is 0 Å². The number of carbonyl (C=O) groups excluding carboxylic acids is 4. The van der Waals surface area contributed by atoms with E-state index in [1.165, 1.54) is 51.4 Å². The molecule has 0 saturated heterocycles. The normalized spacial score (nSPS) is 11.4. The SMILES string of the molecule is CCCCCCCN=C(N)NC(=O)c1nc(Cl)c(N)nc1N.CCOCCCCO.COCCCCCCN=C(N)NC(=O)c1nc(Cl)c(N)nc1N.NC(=NCCCCCCOCCO)NC(=O)c1nc(Cl)c(N)nc1N.NCCCCCCCCCCN=C(N)NC(=O)c1nc(Cl)c(N)nc1N. The Morgan fingerprint density at radius 2 is 0.625 bits per heavy atom. The average molecular weight is 1550 g/mol. The molecule has 0 spiro atoms. The number of methoxy groups -OCH3 is 1. The number of hydrogen-bond acceptors (Lipinski definition) is 30. The second-order valence-electron chi connectivity index (χ2n) is 22.2. The van der Waals surface area contributed by atoms with Crippen molar-refractivity contribution in [3.05, 3.63) is 43.4 Å². The fraction of sp³-hybridized carbons (Fsp3) is 0.613. The number of nitrogens with zero attached hydrogens (tertiary/aromatic N) is 12. The minimum atomic E-state index is -0.658. The van der Waals surface area contributed by atoms with Crippen LogP contribution in [0.5, 0.6) is 0 Å². The predicted molar refractivity (Wildman–Crippen MR) is 414 cm³/mol. The van der Waals surface area contributed by atoms with Gasteiger partial charge in [0, 0.05) is 66.3 Å². The number of amides is 4. The van der Waals surface area contributed by atoms with Gasteiger partial charge < -0.3 is 99.0 Å². The second kappa shape index (κ2) is 59.7. The van der Waals surface area contributed by atoms with Crippen LogP contribution in [0.2, 0.25) is 20.6 Å². The Kier molecular flexibility index (Phi) is 54.8. The van der Waals surface area contributed by atoms with Crippen molar-refractivity contribution in [3.63, 3.8) is 0 Å². The average Bonchev–Trinajstić information content (AvgIpc) is 0.862. The molecule has 4 rings (SSSR count). The Morgan fingerprint density at radius 1 is 0.356 bits per heavy atom. The zero-order valence-corrected chi connectivity index (χ0v) is 62.9. The minimum absolute atomic E-state index is 0.00549. The molecule has 4 aromatic rings. The van der Waals surface area contributed by atoms with Crippen LogP contribution in [0.4, 0.5) is 46.5 Å². The highest BCUT2D eigenvalue weighted by molar-refractivity contribution is 6.33. The van der Waals surface area contributed by atoms with Crippen molar-refractivity contribution >= 4 is 140 Å². The molecule has 0 radical (unpaired) electrons. The molecule has 4 heterocycles. The number of aliphatic hydroxyl groups is 2. The lowest BCUT2D eigenvalue weighted by Crippen LogP contribution is -2.38. The van der Waals surface area contributed by atoms with E-state index in [-0.39, 0.29) is 127 Å². The molecule has 32 N–H and O–H groups in total. The van der Waals surface area contributed by atoms with Gasteiger partial charge in [0.15, 0.2) is 114 Å². The van der Waals surface area contributed by atoms with Gasteiger partial charge in [-0.05, 0) is 71.3 Å². The van der Waals surface area contributed by atoms with Crippen molar-refractivity contribution in [2.75, 3.05) is 132 Å². The standard InChI is InChI=1S/C16H29ClN8O.C14H24ClN7O3.C13H22ClN7O2.C13H22ClN7O.C6H14O2/c17-12-14(20)24-13(19)11(23-12)15(26)25-16(21)22-10-8-6-4-2-1-3-5-7-9-18;15-10-12(17)21-11(16)9(20-10)13(24)22-14(18)19-5-3-1-2-4-7-25-8-6-23;1-23-7-5-3-2-4-6-18-13(17)21-12(22)8-10(15)20-11(16)9(14)19-8;1-2-3-4-5-6-7-18-13(17)21-12(22)8-10(15)20-11(16)9(14)19-8;1-2-8-6-4-3-5-7/h1-10,18H2,(H4,19,20,24)(H3,21,22,25,26);23H,1-8H2,(H4,16,17,21)(H3,18,19,22,24);2-7H2,1H3,(H4,15,16,20)(H3,17,18,21,22);2-7H2,1H3,(H4,15,16,20)(H3,17,18,21,22);7H,2-6H2,1H3. The molecule has 0 aliphatic rings. The summed E-state index contributed by atoms with van der Waals surface area (Å²) in [5.74, 6) is -3.28. The maximum atomic E-state index is 12.1. The number of aliphatic hydroxyl groups excluding tert-OH is 2. The van der Waals surface area contributed by atoms with E-state index in [0.717, 1.165) is 123 Å². The fourth-order valence-corrected chi connectivity index (χ4v) is 8.64. The van der Waals surface area contributed by atoms with Crippen molar-refractivity contribution in [2.45, 2.75) is 162 Å². The summed E-state index contributed by atoms with van der Waals surface area (Å²) in [5, 5.41) is 26.0. The fourth-order valence-electron chi connectivity index (χ4n) is 8.13. The lowest BCUT2D eigenvalue weighted by molar-refractivity contribution is 0.0896. The van der Waals surface area contributed by atoms with E-state index in [9.17, 15) is 19.2 Å². The zero-order chi connectivity index (χ0) is 78.0. The molecule has 0 fully saturated rings. The van der Waals surface area contributed by atoms with E-state index in [1.807, 2.05) is 6.92 Å². The first-order valence-electron chi connectivity index (χ1n) is 34.1. The van der Waals surface area contributed by atoms with Gasteiger partial charge >= 0.3 is 0 Å². The number of aromatic nitrogens is 8. The van der Waals surface area contributed by atoms with E-state index in [4.69, 9.17) is 145 Å². The highest BCUT2D eigenvalue weighted by atomic mass is 35.5. The van der Waals surface area contributed by atoms with Crippen molar-refractivity contribution < 1.29 is 43.6 Å². The lowest BCUT2D eigenvalue weighted by Gasteiger charge is -2.07. The Hall–Kier alpha value is -8.60. The van der Waals surface area contributed by atoms with Gasteiger partial charge in [0.1, 0.15) is 0 Å². The number of nitrogens with one attached hydrogen (secondary N) is 4. The summed E-state index contributed by atoms with van der Waals surface area (Å²) in [6.07, 6.45) is 24.3. The van der Waals surface area contributed by atoms with Gasteiger partial charge in [-0.15, -0.1) is 0 Å². The first kappa shape index (κ1) is 95.4. The van der Waals surface area contributed by atoms with Gasteiger partial charge in [0.05, 0.1) is 13.2 Å². The molecule has 0 aliphatic carbocycles. The topological polar surface area (TPSA) is 675 Å². The third-order valence-electron chi connectivity index (χ3n) is 13.5. The van der Waals surface area contributed by atoms with Crippen LogP contribution < -0.4 is 95.8 Å².